The molecule has 0 aliphatic heterocycles. The van der Waals surface area contributed by atoms with Gasteiger partial charge in [0.2, 0.25) is 0 Å². The molecule has 0 aromatic carbocycles. The minimum absolute atomic E-state index is 0.678. The van der Waals surface area contributed by atoms with Gasteiger partial charge < -0.3 is 5.32 Å². The average molecular weight is 203 g/mol. The van der Waals surface area contributed by atoms with Gasteiger partial charge in [-0.1, -0.05) is 20.8 Å². The molecule has 0 radical (unpaired) electrons. The molecule has 0 aliphatic rings. The molecule has 0 aromatic rings. The van der Waals surface area contributed by atoms with Crippen LogP contribution in [0.1, 0.15) is 40.5 Å². The van der Waals surface area contributed by atoms with E-state index in [9.17, 15) is 0 Å². The van der Waals surface area contributed by atoms with Crippen molar-refractivity contribution in [2.75, 3.05) is 12.8 Å². The summed E-state index contributed by atoms with van der Waals surface area (Å²) in [5, 5.41) is 4.31. The summed E-state index contributed by atoms with van der Waals surface area (Å²) >= 11 is 1.93. The molecule has 0 aliphatic carbocycles. The van der Waals surface area contributed by atoms with Gasteiger partial charge in [-0.15, -0.1) is 0 Å². The predicted octanol–water partition coefficient (Wildman–Crippen LogP) is 3.15. The summed E-state index contributed by atoms with van der Waals surface area (Å²) in [6.45, 7) is 10.3. The Kier molecular flexibility index (Phi) is 7.87. The van der Waals surface area contributed by atoms with Gasteiger partial charge in [0.1, 0.15) is 0 Å². The van der Waals surface area contributed by atoms with E-state index < -0.39 is 0 Å². The summed E-state index contributed by atoms with van der Waals surface area (Å²) in [7, 11) is 0. The standard InChI is InChI=1S/C11H25NS/c1-9(2)6-7-10(3)12-8-11(4)13-5/h9-12H,6-8H2,1-5H3. The molecule has 0 heterocycles. The van der Waals surface area contributed by atoms with E-state index in [2.05, 4.69) is 39.3 Å². The Hall–Kier alpha value is 0.310. The number of nitrogens with one attached hydrogen (secondary N) is 1. The molecule has 2 heteroatoms. The first kappa shape index (κ1) is 13.3. The Labute approximate surface area is 88.1 Å². The van der Waals surface area contributed by atoms with Crippen molar-refractivity contribution in [2.45, 2.75) is 51.8 Å². The average Bonchev–Trinajstić information content (AvgIpc) is 2.10. The van der Waals surface area contributed by atoms with Crippen molar-refractivity contribution >= 4 is 11.8 Å². The minimum atomic E-state index is 0.678. The van der Waals surface area contributed by atoms with Gasteiger partial charge >= 0.3 is 0 Å². The quantitative estimate of drug-likeness (QED) is 0.682. The molecule has 2 unspecified atom stereocenters. The molecule has 1 N–H and O–H groups in total. The van der Waals surface area contributed by atoms with Crippen molar-refractivity contribution in [1.29, 1.82) is 0 Å². The van der Waals surface area contributed by atoms with Gasteiger partial charge in [0.05, 0.1) is 0 Å². The lowest BCUT2D eigenvalue weighted by molar-refractivity contribution is 0.453. The van der Waals surface area contributed by atoms with Gasteiger partial charge in [0, 0.05) is 17.8 Å². The van der Waals surface area contributed by atoms with Crippen molar-refractivity contribution in [3.05, 3.63) is 0 Å². The Balaban J connectivity index is 3.34. The molecular formula is C11H25NS. The molecule has 80 valence electrons. The van der Waals surface area contributed by atoms with Crippen LogP contribution in [0.3, 0.4) is 0 Å². The van der Waals surface area contributed by atoms with Crippen LogP contribution < -0.4 is 5.32 Å². The smallest absolute Gasteiger partial charge is 0.0141 e. The van der Waals surface area contributed by atoms with Crippen molar-refractivity contribution < 1.29 is 0 Å². The van der Waals surface area contributed by atoms with E-state index in [0.717, 1.165) is 17.7 Å². The lowest BCUT2D eigenvalue weighted by Gasteiger charge is -2.17. The van der Waals surface area contributed by atoms with E-state index in [-0.39, 0.29) is 0 Å². The summed E-state index contributed by atoms with van der Waals surface area (Å²) in [4.78, 5) is 0. The molecule has 0 aromatic heterocycles. The van der Waals surface area contributed by atoms with Crippen LogP contribution in [0.5, 0.6) is 0 Å². The zero-order valence-electron chi connectivity index (χ0n) is 9.76. The fourth-order valence-electron chi connectivity index (χ4n) is 1.14. The summed E-state index contributed by atoms with van der Waals surface area (Å²) < 4.78 is 0. The maximum atomic E-state index is 3.57. The maximum Gasteiger partial charge on any atom is 0.0141 e. The van der Waals surface area contributed by atoms with Gasteiger partial charge in [0.15, 0.2) is 0 Å². The Bertz CT molecular complexity index is 115. The van der Waals surface area contributed by atoms with Crippen molar-refractivity contribution in [3.8, 4) is 0 Å². The zero-order valence-corrected chi connectivity index (χ0v) is 10.6. The number of rotatable bonds is 7. The third kappa shape index (κ3) is 8.63. The molecule has 13 heavy (non-hydrogen) atoms. The second-order valence-corrected chi connectivity index (χ2v) is 5.60. The largest absolute Gasteiger partial charge is 0.313 e. The van der Waals surface area contributed by atoms with Crippen LogP contribution in [0.4, 0.5) is 0 Å². The maximum absolute atomic E-state index is 3.57. The van der Waals surface area contributed by atoms with Crippen molar-refractivity contribution in [3.63, 3.8) is 0 Å². The number of hydrogen-bond acceptors (Lipinski definition) is 2. The van der Waals surface area contributed by atoms with Gasteiger partial charge in [-0.05, 0) is 31.9 Å². The number of thioether (sulfide) groups is 1. The Morgan fingerprint density at radius 1 is 1.08 bits per heavy atom. The highest BCUT2D eigenvalue weighted by atomic mass is 32.2. The van der Waals surface area contributed by atoms with Crippen LogP contribution in [0, 0.1) is 5.92 Å². The molecular weight excluding hydrogens is 178 g/mol. The monoisotopic (exact) mass is 203 g/mol. The summed E-state index contributed by atoms with van der Waals surface area (Å²) in [6.07, 6.45) is 4.81. The van der Waals surface area contributed by atoms with Crippen LogP contribution >= 0.6 is 11.8 Å². The summed E-state index contributed by atoms with van der Waals surface area (Å²) in [6, 6.07) is 0.678. The van der Waals surface area contributed by atoms with Crippen LogP contribution in [0.15, 0.2) is 0 Å². The fraction of sp³-hybridized carbons (Fsp3) is 1.00. The molecule has 0 saturated carbocycles. The molecule has 0 fully saturated rings. The third-order valence-electron chi connectivity index (χ3n) is 2.33. The molecule has 1 nitrogen and oxygen atoms in total. The first-order chi connectivity index (χ1) is 6.06. The number of hydrogen-bond donors (Lipinski definition) is 1. The second-order valence-electron chi connectivity index (χ2n) is 4.33. The van der Waals surface area contributed by atoms with Crippen LogP contribution in [-0.2, 0) is 0 Å². The second kappa shape index (κ2) is 7.69. The third-order valence-corrected chi connectivity index (χ3v) is 3.30. The van der Waals surface area contributed by atoms with E-state index >= 15 is 0 Å². The topological polar surface area (TPSA) is 12.0 Å². The first-order valence-electron chi connectivity index (χ1n) is 5.32. The molecule has 0 bridgehead atoms. The normalized spacial score (nSPS) is 16.2. The van der Waals surface area contributed by atoms with E-state index in [1.165, 1.54) is 12.8 Å². The zero-order chi connectivity index (χ0) is 10.3. The highest BCUT2D eigenvalue weighted by molar-refractivity contribution is 7.99. The molecule has 0 rings (SSSR count). The van der Waals surface area contributed by atoms with Crippen LogP contribution in [0.2, 0.25) is 0 Å². The lowest BCUT2D eigenvalue weighted by Crippen LogP contribution is -2.31. The van der Waals surface area contributed by atoms with Gasteiger partial charge in [-0.2, -0.15) is 11.8 Å². The molecule has 0 spiro atoms. The molecule has 0 saturated heterocycles. The van der Waals surface area contributed by atoms with E-state index in [4.69, 9.17) is 0 Å². The Morgan fingerprint density at radius 2 is 1.69 bits per heavy atom. The minimum Gasteiger partial charge on any atom is -0.313 e. The van der Waals surface area contributed by atoms with Gasteiger partial charge in [-0.3, -0.25) is 0 Å². The van der Waals surface area contributed by atoms with Crippen LogP contribution in [0.25, 0.3) is 0 Å². The van der Waals surface area contributed by atoms with E-state index in [1.54, 1.807) is 0 Å². The summed E-state index contributed by atoms with van der Waals surface area (Å²) in [5.74, 6) is 0.835. The summed E-state index contributed by atoms with van der Waals surface area (Å²) in [5.41, 5.74) is 0. The fourth-order valence-corrected chi connectivity index (χ4v) is 1.40. The molecule has 0 amide bonds. The van der Waals surface area contributed by atoms with E-state index in [0.29, 0.717) is 6.04 Å². The van der Waals surface area contributed by atoms with Gasteiger partial charge in [-0.25, -0.2) is 0 Å². The SMILES string of the molecule is CSC(C)CNC(C)CCC(C)C. The highest BCUT2D eigenvalue weighted by Crippen LogP contribution is 2.08. The van der Waals surface area contributed by atoms with Crippen molar-refractivity contribution in [2.24, 2.45) is 5.92 Å². The predicted molar refractivity (Wildman–Crippen MR) is 64.5 cm³/mol. The van der Waals surface area contributed by atoms with E-state index in [1.807, 2.05) is 11.8 Å². The lowest BCUT2D eigenvalue weighted by atomic mass is 10.0. The van der Waals surface area contributed by atoms with Gasteiger partial charge in [0.25, 0.3) is 0 Å². The first-order valence-corrected chi connectivity index (χ1v) is 6.61. The highest BCUT2D eigenvalue weighted by Gasteiger charge is 2.04. The Morgan fingerprint density at radius 3 is 2.15 bits per heavy atom. The molecule has 2 atom stereocenters. The van der Waals surface area contributed by atoms with Crippen molar-refractivity contribution in [1.82, 2.24) is 5.32 Å². The van der Waals surface area contributed by atoms with Crippen LogP contribution in [-0.4, -0.2) is 24.1 Å².